The van der Waals surface area contributed by atoms with Crippen LogP contribution in [-0.4, -0.2) is 23.1 Å². The van der Waals surface area contributed by atoms with E-state index >= 15 is 0 Å². The normalized spacial score (nSPS) is 10.4. The minimum atomic E-state index is 0.601. The molecule has 0 radical (unpaired) electrons. The van der Waals surface area contributed by atoms with Crippen LogP contribution in [0.5, 0.6) is 0 Å². The number of unbranched alkanes of at least 4 members (excludes halogenated alkanes) is 2. The molecule has 0 saturated heterocycles. The summed E-state index contributed by atoms with van der Waals surface area (Å²) in [5.74, 6) is 2.72. The lowest BCUT2D eigenvalue weighted by Gasteiger charge is -2.24. The Morgan fingerprint density at radius 3 is 2.00 bits per heavy atom. The zero-order chi connectivity index (χ0) is 17.0. The average Bonchev–Trinajstić information content (AvgIpc) is 2.48. The number of rotatable bonds is 9. The Kier molecular flexibility index (Phi) is 11.8. The Balaban J connectivity index is 0.00000211. The van der Waals surface area contributed by atoms with Crippen molar-refractivity contribution in [2.75, 3.05) is 18.0 Å². The highest BCUT2D eigenvalue weighted by Crippen LogP contribution is 2.16. The molecule has 0 aliphatic heterocycles. The van der Waals surface area contributed by atoms with Gasteiger partial charge in [-0.1, -0.05) is 54.4 Å². The number of aromatic nitrogens is 2. The molecule has 1 aromatic heterocycles. The van der Waals surface area contributed by atoms with Gasteiger partial charge < -0.3 is 4.90 Å². The molecule has 1 aromatic rings. The Bertz CT molecular complexity index is 380. The van der Waals surface area contributed by atoms with Crippen LogP contribution in [0.3, 0.4) is 0 Å². The van der Waals surface area contributed by atoms with Gasteiger partial charge in [-0.25, -0.2) is 9.97 Å². The van der Waals surface area contributed by atoms with Crippen LogP contribution in [0.15, 0.2) is 6.07 Å². The SMILES string of the molecule is CC.CCCCN(CCCC)c1cc(C)nc(CC(C)C)n1. The first kappa shape index (κ1) is 20.9. The Morgan fingerprint density at radius 2 is 1.55 bits per heavy atom. The van der Waals surface area contributed by atoms with Crippen LogP contribution >= 0.6 is 0 Å². The molecular weight excluding hydrogens is 270 g/mol. The first-order valence-electron chi connectivity index (χ1n) is 9.16. The first-order chi connectivity index (χ1) is 10.6. The van der Waals surface area contributed by atoms with E-state index in [2.05, 4.69) is 50.6 Å². The van der Waals surface area contributed by atoms with Crippen molar-refractivity contribution in [1.82, 2.24) is 9.97 Å². The van der Waals surface area contributed by atoms with Crippen molar-refractivity contribution in [3.05, 3.63) is 17.6 Å². The van der Waals surface area contributed by atoms with Gasteiger partial charge in [-0.05, 0) is 25.7 Å². The van der Waals surface area contributed by atoms with Crippen LogP contribution in [0.4, 0.5) is 5.82 Å². The predicted octanol–water partition coefficient (Wildman–Crippen LogP) is 5.42. The summed E-state index contributed by atoms with van der Waals surface area (Å²) in [5, 5.41) is 0. The lowest BCUT2D eigenvalue weighted by molar-refractivity contribution is 0.613. The zero-order valence-corrected chi connectivity index (χ0v) is 15.9. The average molecular weight is 308 g/mol. The molecule has 0 fully saturated rings. The summed E-state index contributed by atoms with van der Waals surface area (Å²) in [7, 11) is 0. The molecule has 3 heteroatoms. The number of anilines is 1. The summed E-state index contributed by atoms with van der Waals surface area (Å²) in [6, 6.07) is 2.13. The maximum atomic E-state index is 4.79. The quantitative estimate of drug-likeness (QED) is 0.610. The van der Waals surface area contributed by atoms with Crippen molar-refractivity contribution < 1.29 is 0 Å². The molecule has 0 bridgehead atoms. The number of hydrogen-bond acceptors (Lipinski definition) is 3. The first-order valence-corrected chi connectivity index (χ1v) is 9.16. The van der Waals surface area contributed by atoms with Gasteiger partial charge >= 0.3 is 0 Å². The van der Waals surface area contributed by atoms with Gasteiger partial charge in [0.2, 0.25) is 0 Å². The second kappa shape index (κ2) is 12.4. The molecule has 1 rings (SSSR count). The van der Waals surface area contributed by atoms with E-state index in [0.29, 0.717) is 5.92 Å². The van der Waals surface area contributed by atoms with Crippen molar-refractivity contribution in [2.24, 2.45) is 5.92 Å². The maximum Gasteiger partial charge on any atom is 0.132 e. The molecule has 0 spiro atoms. The second-order valence-electron chi connectivity index (χ2n) is 6.08. The third kappa shape index (κ3) is 8.35. The summed E-state index contributed by atoms with van der Waals surface area (Å²) >= 11 is 0. The van der Waals surface area contributed by atoms with Gasteiger partial charge in [0.1, 0.15) is 11.6 Å². The highest BCUT2D eigenvalue weighted by Gasteiger charge is 2.11. The highest BCUT2D eigenvalue weighted by molar-refractivity contribution is 5.39. The minimum absolute atomic E-state index is 0.601. The van der Waals surface area contributed by atoms with E-state index in [1.165, 1.54) is 25.7 Å². The lowest BCUT2D eigenvalue weighted by Crippen LogP contribution is -2.27. The molecule has 22 heavy (non-hydrogen) atoms. The molecule has 0 saturated carbocycles. The Hall–Kier alpha value is -1.12. The molecule has 3 nitrogen and oxygen atoms in total. The maximum absolute atomic E-state index is 4.79. The molecule has 0 aliphatic rings. The van der Waals surface area contributed by atoms with Crippen LogP contribution in [0.2, 0.25) is 0 Å². The molecule has 0 unspecified atom stereocenters. The molecule has 0 atom stereocenters. The third-order valence-electron chi connectivity index (χ3n) is 3.36. The molecule has 128 valence electrons. The van der Waals surface area contributed by atoms with Gasteiger partial charge in [0.15, 0.2) is 0 Å². The fraction of sp³-hybridized carbons (Fsp3) is 0.789. The van der Waals surface area contributed by atoms with Gasteiger partial charge in [0, 0.05) is 31.3 Å². The Labute approximate surface area is 138 Å². The molecule has 0 aliphatic carbocycles. The topological polar surface area (TPSA) is 29.0 Å². The number of nitrogens with zero attached hydrogens (tertiary/aromatic N) is 3. The van der Waals surface area contributed by atoms with Crippen LogP contribution in [0.25, 0.3) is 0 Å². The predicted molar refractivity (Wildman–Crippen MR) is 98.7 cm³/mol. The van der Waals surface area contributed by atoms with E-state index < -0.39 is 0 Å². The summed E-state index contributed by atoms with van der Waals surface area (Å²) in [6.45, 7) is 17.2. The van der Waals surface area contributed by atoms with Crippen LogP contribution < -0.4 is 4.90 Å². The van der Waals surface area contributed by atoms with E-state index in [4.69, 9.17) is 4.98 Å². The molecule has 1 heterocycles. The summed E-state index contributed by atoms with van der Waals surface area (Å²) in [5.41, 5.74) is 1.09. The zero-order valence-electron chi connectivity index (χ0n) is 15.9. The van der Waals surface area contributed by atoms with Crippen molar-refractivity contribution in [3.63, 3.8) is 0 Å². The smallest absolute Gasteiger partial charge is 0.132 e. The van der Waals surface area contributed by atoms with E-state index in [1.54, 1.807) is 0 Å². The van der Waals surface area contributed by atoms with Crippen LogP contribution in [0, 0.1) is 12.8 Å². The highest BCUT2D eigenvalue weighted by atomic mass is 15.2. The number of hydrogen-bond donors (Lipinski definition) is 0. The third-order valence-corrected chi connectivity index (χ3v) is 3.36. The van der Waals surface area contributed by atoms with Crippen LogP contribution in [0.1, 0.15) is 78.7 Å². The minimum Gasteiger partial charge on any atom is -0.357 e. The Morgan fingerprint density at radius 1 is 1.00 bits per heavy atom. The van der Waals surface area contributed by atoms with Gasteiger partial charge in [0.25, 0.3) is 0 Å². The largest absolute Gasteiger partial charge is 0.357 e. The molecule has 0 amide bonds. The molecular formula is C19H37N3. The number of aryl methyl sites for hydroxylation is 1. The van der Waals surface area contributed by atoms with Crippen LogP contribution in [-0.2, 0) is 6.42 Å². The van der Waals surface area contributed by atoms with E-state index in [-0.39, 0.29) is 0 Å². The standard InChI is InChI=1S/C17H31N3.C2H6/c1-6-8-10-20(11-9-7-2)17-13-15(5)18-16(19-17)12-14(3)4;1-2/h13-14H,6-12H2,1-5H3;1-2H3. The van der Waals surface area contributed by atoms with Gasteiger partial charge in [-0.2, -0.15) is 0 Å². The van der Waals surface area contributed by atoms with Crippen molar-refractivity contribution in [3.8, 4) is 0 Å². The summed E-state index contributed by atoms with van der Waals surface area (Å²) < 4.78 is 0. The van der Waals surface area contributed by atoms with Crippen molar-refractivity contribution in [1.29, 1.82) is 0 Å². The molecule has 0 N–H and O–H groups in total. The second-order valence-corrected chi connectivity index (χ2v) is 6.08. The summed E-state index contributed by atoms with van der Waals surface area (Å²) in [6.07, 6.45) is 5.87. The lowest BCUT2D eigenvalue weighted by atomic mass is 10.1. The van der Waals surface area contributed by atoms with Crippen molar-refractivity contribution in [2.45, 2.75) is 80.6 Å². The van der Waals surface area contributed by atoms with Gasteiger partial charge in [0.05, 0.1) is 0 Å². The monoisotopic (exact) mass is 307 g/mol. The van der Waals surface area contributed by atoms with E-state index in [0.717, 1.165) is 36.8 Å². The van der Waals surface area contributed by atoms with Gasteiger partial charge in [-0.15, -0.1) is 0 Å². The van der Waals surface area contributed by atoms with Crippen molar-refractivity contribution >= 4 is 5.82 Å². The van der Waals surface area contributed by atoms with Gasteiger partial charge in [-0.3, -0.25) is 0 Å². The summed E-state index contributed by atoms with van der Waals surface area (Å²) in [4.78, 5) is 11.8. The molecule has 0 aromatic carbocycles. The van der Waals surface area contributed by atoms with E-state index in [9.17, 15) is 0 Å². The fourth-order valence-electron chi connectivity index (χ4n) is 2.27. The van der Waals surface area contributed by atoms with E-state index in [1.807, 2.05) is 13.8 Å². The fourth-order valence-corrected chi connectivity index (χ4v) is 2.27.